The number of carboxylic acid groups (broad SMARTS) is 1. The number of methoxy groups -OCH3 is 1. The minimum absolute atomic E-state index is 0.0629. The van der Waals surface area contributed by atoms with Crippen molar-refractivity contribution in [2.45, 2.75) is 25.3 Å². The van der Waals surface area contributed by atoms with Gasteiger partial charge in [-0.3, -0.25) is 4.79 Å². The van der Waals surface area contributed by atoms with Crippen molar-refractivity contribution in [3.8, 4) is 5.88 Å². The first-order chi connectivity index (χ1) is 8.20. The molecule has 2 atom stereocenters. The summed E-state index contributed by atoms with van der Waals surface area (Å²) in [6.07, 6.45) is 3.89. The number of anilines is 1. The first-order valence-corrected chi connectivity index (χ1v) is 5.56. The number of hydrogen-bond donors (Lipinski definition) is 2. The van der Waals surface area contributed by atoms with Crippen LogP contribution in [-0.4, -0.2) is 34.2 Å². The van der Waals surface area contributed by atoms with Crippen LogP contribution in [0.2, 0.25) is 0 Å². The molecule has 17 heavy (non-hydrogen) atoms. The number of aliphatic carboxylic acids is 1. The predicted molar refractivity (Wildman–Crippen MR) is 61.0 cm³/mol. The lowest BCUT2D eigenvalue weighted by Crippen LogP contribution is -2.30. The normalized spacial score (nSPS) is 23.4. The second kappa shape index (κ2) is 4.99. The van der Waals surface area contributed by atoms with Gasteiger partial charge in [0.2, 0.25) is 5.88 Å². The molecule has 1 fully saturated rings. The van der Waals surface area contributed by atoms with Crippen molar-refractivity contribution in [3.63, 3.8) is 0 Å². The number of carboxylic acids is 1. The van der Waals surface area contributed by atoms with Crippen LogP contribution in [0.4, 0.5) is 5.82 Å². The predicted octanol–water partition coefficient (Wildman–Crippen LogP) is 1.15. The van der Waals surface area contributed by atoms with Crippen molar-refractivity contribution < 1.29 is 14.6 Å². The summed E-state index contributed by atoms with van der Waals surface area (Å²) >= 11 is 0. The summed E-state index contributed by atoms with van der Waals surface area (Å²) in [5, 5.41) is 12.2. The Kier molecular flexibility index (Phi) is 3.41. The van der Waals surface area contributed by atoms with E-state index in [4.69, 9.17) is 9.84 Å². The lowest BCUT2D eigenvalue weighted by atomic mass is 10.0. The van der Waals surface area contributed by atoms with Gasteiger partial charge in [-0.05, 0) is 12.8 Å². The molecule has 6 heteroatoms. The summed E-state index contributed by atoms with van der Waals surface area (Å²) in [7, 11) is 1.53. The van der Waals surface area contributed by atoms with E-state index in [2.05, 4.69) is 15.3 Å². The highest BCUT2D eigenvalue weighted by Crippen LogP contribution is 2.28. The third kappa shape index (κ3) is 2.64. The van der Waals surface area contributed by atoms with Gasteiger partial charge in [-0.25, -0.2) is 9.97 Å². The number of aromatic nitrogens is 2. The lowest BCUT2D eigenvalue weighted by Gasteiger charge is -2.18. The number of carbonyl (C=O) groups is 1. The van der Waals surface area contributed by atoms with Gasteiger partial charge in [0.1, 0.15) is 12.1 Å². The summed E-state index contributed by atoms with van der Waals surface area (Å²) in [6, 6.07) is 1.60. The maximum Gasteiger partial charge on any atom is 0.308 e. The zero-order valence-corrected chi connectivity index (χ0v) is 9.59. The number of ether oxygens (including phenoxy) is 1. The molecule has 1 aromatic heterocycles. The van der Waals surface area contributed by atoms with Crippen LogP contribution in [0.1, 0.15) is 19.3 Å². The third-order valence-corrected chi connectivity index (χ3v) is 3.02. The van der Waals surface area contributed by atoms with E-state index in [-0.39, 0.29) is 12.0 Å². The number of nitrogens with zero attached hydrogens (tertiary/aromatic N) is 2. The van der Waals surface area contributed by atoms with E-state index in [0.29, 0.717) is 11.7 Å². The van der Waals surface area contributed by atoms with Crippen molar-refractivity contribution in [3.05, 3.63) is 12.4 Å². The van der Waals surface area contributed by atoms with E-state index < -0.39 is 5.97 Å². The van der Waals surface area contributed by atoms with Crippen LogP contribution >= 0.6 is 0 Å². The average molecular weight is 237 g/mol. The van der Waals surface area contributed by atoms with Crippen LogP contribution in [0.15, 0.2) is 12.4 Å². The molecule has 0 amide bonds. The van der Waals surface area contributed by atoms with Gasteiger partial charge >= 0.3 is 5.97 Å². The Morgan fingerprint density at radius 1 is 1.53 bits per heavy atom. The molecule has 1 saturated carbocycles. The summed E-state index contributed by atoms with van der Waals surface area (Å²) in [4.78, 5) is 19.0. The molecular formula is C11H15N3O3. The maximum absolute atomic E-state index is 11.0. The van der Waals surface area contributed by atoms with Gasteiger partial charge in [-0.1, -0.05) is 6.42 Å². The zero-order chi connectivity index (χ0) is 12.3. The Bertz CT molecular complexity index is 411. The summed E-state index contributed by atoms with van der Waals surface area (Å²) < 4.78 is 4.99. The monoisotopic (exact) mass is 237 g/mol. The molecule has 0 saturated heterocycles. The molecule has 1 aromatic rings. The Balaban J connectivity index is 2.06. The molecule has 6 nitrogen and oxygen atoms in total. The molecule has 0 aliphatic heterocycles. The van der Waals surface area contributed by atoms with E-state index in [0.717, 1.165) is 19.3 Å². The van der Waals surface area contributed by atoms with Crippen LogP contribution in [0.25, 0.3) is 0 Å². The van der Waals surface area contributed by atoms with Gasteiger partial charge in [0.05, 0.1) is 13.0 Å². The quantitative estimate of drug-likeness (QED) is 0.817. The Morgan fingerprint density at radius 2 is 2.35 bits per heavy atom. The molecule has 1 aliphatic rings. The maximum atomic E-state index is 11.0. The molecule has 0 bridgehead atoms. The van der Waals surface area contributed by atoms with Gasteiger partial charge in [0.15, 0.2) is 0 Å². The fraction of sp³-hybridized carbons (Fsp3) is 0.545. The van der Waals surface area contributed by atoms with E-state index in [1.165, 1.54) is 13.4 Å². The van der Waals surface area contributed by atoms with E-state index in [9.17, 15) is 4.79 Å². The standard InChI is InChI=1S/C11H15N3O3/c1-17-10-5-9(12-6-13-10)14-8-4-2-3-7(8)11(15)16/h5-8H,2-4H2,1H3,(H,15,16)(H,12,13,14). The Labute approximate surface area is 99.0 Å². The van der Waals surface area contributed by atoms with Crippen LogP contribution in [-0.2, 0) is 4.79 Å². The largest absolute Gasteiger partial charge is 0.481 e. The number of hydrogen-bond acceptors (Lipinski definition) is 5. The van der Waals surface area contributed by atoms with Gasteiger partial charge in [-0.15, -0.1) is 0 Å². The lowest BCUT2D eigenvalue weighted by molar-refractivity contribution is -0.141. The highest BCUT2D eigenvalue weighted by molar-refractivity contribution is 5.72. The van der Waals surface area contributed by atoms with E-state index in [1.54, 1.807) is 6.07 Å². The first kappa shape index (κ1) is 11.6. The Morgan fingerprint density at radius 3 is 3.06 bits per heavy atom. The van der Waals surface area contributed by atoms with Crippen molar-refractivity contribution in [2.24, 2.45) is 5.92 Å². The number of rotatable bonds is 4. The SMILES string of the molecule is COc1cc(NC2CCCC2C(=O)O)ncn1. The minimum Gasteiger partial charge on any atom is -0.481 e. The molecule has 2 N–H and O–H groups in total. The van der Waals surface area contributed by atoms with Crippen LogP contribution in [0.5, 0.6) is 5.88 Å². The minimum atomic E-state index is -0.749. The van der Waals surface area contributed by atoms with Crippen LogP contribution in [0, 0.1) is 5.92 Å². The fourth-order valence-electron chi connectivity index (χ4n) is 2.15. The van der Waals surface area contributed by atoms with Crippen molar-refractivity contribution >= 4 is 11.8 Å². The second-order valence-electron chi connectivity index (χ2n) is 4.07. The molecular weight excluding hydrogens is 222 g/mol. The molecule has 1 aliphatic carbocycles. The first-order valence-electron chi connectivity index (χ1n) is 5.56. The molecule has 1 heterocycles. The van der Waals surface area contributed by atoms with Crippen molar-refractivity contribution in [2.75, 3.05) is 12.4 Å². The number of nitrogens with one attached hydrogen (secondary N) is 1. The summed E-state index contributed by atoms with van der Waals surface area (Å²) in [5.74, 6) is -0.0145. The molecule has 2 rings (SSSR count). The van der Waals surface area contributed by atoms with E-state index >= 15 is 0 Å². The van der Waals surface area contributed by atoms with Crippen molar-refractivity contribution in [1.29, 1.82) is 0 Å². The van der Waals surface area contributed by atoms with Gasteiger partial charge < -0.3 is 15.2 Å². The average Bonchev–Trinajstić information content (AvgIpc) is 2.77. The smallest absolute Gasteiger partial charge is 0.308 e. The van der Waals surface area contributed by atoms with Gasteiger partial charge in [-0.2, -0.15) is 0 Å². The highest BCUT2D eigenvalue weighted by Gasteiger charge is 2.32. The van der Waals surface area contributed by atoms with E-state index in [1.807, 2.05) is 0 Å². The third-order valence-electron chi connectivity index (χ3n) is 3.02. The van der Waals surface area contributed by atoms with Crippen LogP contribution < -0.4 is 10.1 Å². The second-order valence-corrected chi connectivity index (χ2v) is 4.07. The molecule has 0 radical (unpaired) electrons. The highest BCUT2D eigenvalue weighted by atomic mass is 16.5. The van der Waals surface area contributed by atoms with Crippen LogP contribution in [0.3, 0.4) is 0 Å². The topological polar surface area (TPSA) is 84.3 Å². The Hall–Kier alpha value is -1.85. The fourth-order valence-corrected chi connectivity index (χ4v) is 2.15. The summed E-state index contributed by atoms with van der Waals surface area (Å²) in [6.45, 7) is 0. The zero-order valence-electron chi connectivity index (χ0n) is 9.59. The van der Waals surface area contributed by atoms with Crippen molar-refractivity contribution in [1.82, 2.24) is 9.97 Å². The summed E-state index contributed by atoms with van der Waals surface area (Å²) in [5.41, 5.74) is 0. The molecule has 2 unspecified atom stereocenters. The molecule has 0 spiro atoms. The molecule has 0 aromatic carbocycles. The van der Waals surface area contributed by atoms with Gasteiger partial charge in [0.25, 0.3) is 0 Å². The van der Waals surface area contributed by atoms with Gasteiger partial charge in [0, 0.05) is 12.1 Å². The molecule has 92 valence electrons.